The number of carbonyl (C=O) groups excluding carboxylic acids is 2. The van der Waals surface area contributed by atoms with Gasteiger partial charge in [-0.2, -0.15) is 0 Å². The first-order chi connectivity index (χ1) is 17.2. The van der Waals surface area contributed by atoms with Gasteiger partial charge in [0.2, 0.25) is 5.91 Å². The lowest BCUT2D eigenvalue weighted by atomic mass is 9.86. The van der Waals surface area contributed by atoms with Gasteiger partial charge in [-0.15, -0.1) is 0 Å². The molecule has 2 N–H and O–H groups in total. The predicted molar refractivity (Wildman–Crippen MR) is 137 cm³/mol. The number of ether oxygens (including phenoxy) is 2. The maximum atomic E-state index is 13.2. The number of carbonyl (C=O) groups is 2. The Balaban J connectivity index is 1.41. The number of aliphatic hydroxyl groups excluding tert-OH is 1. The number of amides is 2. The third-order valence-electron chi connectivity index (χ3n) is 6.79. The van der Waals surface area contributed by atoms with Crippen molar-refractivity contribution >= 4 is 12.0 Å². The number of nitrogens with one attached hydrogen (secondary N) is 1. The van der Waals surface area contributed by atoms with Gasteiger partial charge < -0.3 is 24.8 Å². The Hall–Kier alpha value is -2.90. The zero-order chi connectivity index (χ0) is 25.7. The van der Waals surface area contributed by atoms with Crippen molar-refractivity contribution in [3.63, 3.8) is 0 Å². The molecular weight excluding hydrogens is 456 g/mol. The van der Waals surface area contributed by atoms with Crippen molar-refractivity contribution in [3.05, 3.63) is 70.8 Å². The Morgan fingerprint density at radius 2 is 1.89 bits per heavy atom. The van der Waals surface area contributed by atoms with E-state index in [0.29, 0.717) is 19.6 Å². The molecule has 1 aliphatic carbocycles. The number of hydrogen-bond acceptors (Lipinski definition) is 5. The number of aryl methyl sites for hydroxylation is 1. The van der Waals surface area contributed by atoms with E-state index in [1.54, 1.807) is 4.90 Å². The van der Waals surface area contributed by atoms with Crippen molar-refractivity contribution in [1.82, 2.24) is 10.2 Å². The molecular formula is C29H38N2O5. The van der Waals surface area contributed by atoms with E-state index >= 15 is 0 Å². The second-order valence-corrected chi connectivity index (χ2v) is 10.8. The molecule has 36 heavy (non-hydrogen) atoms. The van der Waals surface area contributed by atoms with Crippen LogP contribution in [0.3, 0.4) is 0 Å². The Bertz CT molecular complexity index is 1050. The summed E-state index contributed by atoms with van der Waals surface area (Å²) in [5, 5.41) is 12.7. The highest BCUT2D eigenvalue weighted by molar-refractivity contribution is 5.78. The van der Waals surface area contributed by atoms with E-state index in [2.05, 4.69) is 5.32 Å². The highest BCUT2D eigenvalue weighted by Crippen LogP contribution is 2.31. The first-order valence-corrected chi connectivity index (χ1v) is 12.9. The average Bonchev–Trinajstić information content (AvgIpc) is 3.24. The minimum Gasteiger partial charge on any atom is -0.444 e. The molecule has 0 aromatic heterocycles. The van der Waals surface area contributed by atoms with Gasteiger partial charge in [-0.1, -0.05) is 48.5 Å². The van der Waals surface area contributed by atoms with Crippen molar-refractivity contribution in [3.8, 4) is 0 Å². The van der Waals surface area contributed by atoms with E-state index in [4.69, 9.17) is 9.47 Å². The van der Waals surface area contributed by atoms with Gasteiger partial charge in [-0.3, -0.25) is 4.79 Å². The van der Waals surface area contributed by atoms with E-state index in [0.717, 1.165) is 36.0 Å². The maximum Gasteiger partial charge on any atom is 0.410 e. The lowest BCUT2D eigenvalue weighted by Gasteiger charge is -2.30. The molecule has 0 radical (unpaired) electrons. The molecule has 1 fully saturated rings. The van der Waals surface area contributed by atoms with Gasteiger partial charge in [0.05, 0.1) is 31.9 Å². The van der Waals surface area contributed by atoms with Crippen molar-refractivity contribution < 1.29 is 24.2 Å². The van der Waals surface area contributed by atoms with Crippen LogP contribution in [-0.2, 0) is 33.9 Å². The van der Waals surface area contributed by atoms with Crippen LogP contribution in [0.25, 0.3) is 0 Å². The second kappa shape index (κ2) is 11.4. The highest BCUT2D eigenvalue weighted by Gasteiger charge is 2.39. The van der Waals surface area contributed by atoms with Crippen molar-refractivity contribution in [2.75, 3.05) is 6.54 Å². The van der Waals surface area contributed by atoms with Crippen LogP contribution >= 0.6 is 0 Å². The van der Waals surface area contributed by atoms with Crippen LogP contribution in [0.4, 0.5) is 4.79 Å². The summed E-state index contributed by atoms with van der Waals surface area (Å²) in [4.78, 5) is 27.8. The summed E-state index contributed by atoms with van der Waals surface area (Å²) in [6.45, 7) is 6.40. The largest absolute Gasteiger partial charge is 0.444 e. The minimum atomic E-state index is -0.619. The average molecular weight is 495 g/mol. The van der Waals surface area contributed by atoms with Gasteiger partial charge in [0.1, 0.15) is 5.60 Å². The maximum absolute atomic E-state index is 13.2. The van der Waals surface area contributed by atoms with Crippen LogP contribution in [-0.4, -0.2) is 46.3 Å². The van der Waals surface area contributed by atoms with E-state index in [9.17, 15) is 14.7 Å². The van der Waals surface area contributed by atoms with Gasteiger partial charge in [-0.25, -0.2) is 4.79 Å². The molecule has 194 valence electrons. The first kappa shape index (κ1) is 26.2. The molecule has 0 spiro atoms. The first-order valence-electron chi connectivity index (χ1n) is 12.9. The molecule has 2 aromatic rings. The molecule has 7 nitrogen and oxygen atoms in total. The predicted octanol–water partition coefficient (Wildman–Crippen LogP) is 4.66. The zero-order valence-electron chi connectivity index (χ0n) is 21.5. The number of aliphatic hydroxyl groups is 1. The Morgan fingerprint density at radius 3 is 2.61 bits per heavy atom. The Labute approximate surface area is 213 Å². The summed E-state index contributed by atoms with van der Waals surface area (Å²) < 4.78 is 11.8. The summed E-state index contributed by atoms with van der Waals surface area (Å²) >= 11 is 0. The number of nitrogens with zero attached hydrogens (tertiary/aromatic N) is 1. The number of benzene rings is 2. The normalized spacial score (nSPS) is 21.7. The molecule has 2 aromatic carbocycles. The standard InChI is InChI=1S/C29H38N2O5/c1-29(2,3)36-28(34)31-17-24(35-19-20-8-5-4-6-9-20)15-23(31)16-27(33)30-26-11-7-10-22-14-21(18-32)12-13-25(22)26/h4-6,8-9,12-14,23-24,26,32H,7,10-11,15-19H2,1-3H3,(H,30,33)/t23-,24+,26?/m0/s1. The van der Waals surface area contributed by atoms with E-state index in [1.807, 2.05) is 69.3 Å². The quantitative estimate of drug-likeness (QED) is 0.585. The summed E-state index contributed by atoms with van der Waals surface area (Å²) in [6, 6.07) is 15.5. The van der Waals surface area contributed by atoms with Crippen molar-refractivity contribution in [2.45, 2.75) is 89.9 Å². The van der Waals surface area contributed by atoms with E-state index < -0.39 is 11.7 Å². The van der Waals surface area contributed by atoms with E-state index in [1.165, 1.54) is 5.56 Å². The van der Waals surface area contributed by atoms with Crippen molar-refractivity contribution in [2.24, 2.45) is 0 Å². The SMILES string of the molecule is CC(C)(C)OC(=O)N1C[C@H](OCc2ccccc2)C[C@H]1CC(=O)NC1CCCc2cc(CO)ccc21. The number of likely N-dealkylation sites (tertiary alicyclic amines) is 1. The van der Waals surface area contributed by atoms with Gasteiger partial charge in [0, 0.05) is 12.5 Å². The molecule has 1 heterocycles. The second-order valence-electron chi connectivity index (χ2n) is 10.8. The summed E-state index contributed by atoms with van der Waals surface area (Å²) in [5.41, 5.74) is 3.64. The lowest BCUT2D eigenvalue weighted by Crippen LogP contribution is -2.42. The van der Waals surface area contributed by atoms with Gasteiger partial charge in [0.25, 0.3) is 0 Å². The fourth-order valence-corrected chi connectivity index (χ4v) is 5.10. The number of fused-ring (bicyclic) bond motifs is 1. The van der Waals surface area contributed by atoms with E-state index in [-0.39, 0.29) is 37.1 Å². The van der Waals surface area contributed by atoms with Crippen LogP contribution in [0.15, 0.2) is 48.5 Å². The minimum absolute atomic E-state index is 0.0139. The summed E-state index contributed by atoms with van der Waals surface area (Å²) in [7, 11) is 0. The highest BCUT2D eigenvalue weighted by atomic mass is 16.6. The molecule has 2 aliphatic rings. The monoisotopic (exact) mass is 494 g/mol. The van der Waals surface area contributed by atoms with Gasteiger partial charge in [0.15, 0.2) is 0 Å². The van der Waals surface area contributed by atoms with Gasteiger partial charge >= 0.3 is 6.09 Å². The van der Waals surface area contributed by atoms with Crippen LogP contribution in [0, 0.1) is 0 Å². The summed E-state index contributed by atoms with van der Waals surface area (Å²) in [5.74, 6) is -0.0821. The fourth-order valence-electron chi connectivity index (χ4n) is 5.10. The Kier molecular flexibility index (Phi) is 8.32. The molecule has 0 bridgehead atoms. The lowest BCUT2D eigenvalue weighted by molar-refractivity contribution is -0.122. The van der Waals surface area contributed by atoms with Crippen LogP contribution in [0.1, 0.15) is 74.8 Å². The third kappa shape index (κ3) is 6.86. The van der Waals surface area contributed by atoms with Crippen LogP contribution in [0.5, 0.6) is 0 Å². The fraction of sp³-hybridized carbons (Fsp3) is 0.517. The molecule has 2 amide bonds. The molecule has 1 unspecified atom stereocenters. The topological polar surface area (TPSA) is 88.1 Å². The van der Waals surface area contributed by atoms with Gasteiger partial charge in [-0.05, 0) is 68.7 Å². The smallest absolute Gasteiger partial charge is 0.410 e. The number of rotatable bonds is 7. The van der Waals surface area contributed by atoms with Crippen LogP contribution < -0.4 is 5.32 Å². The molecule has 0 saturated carbocycles. The van der Waals surface area contributed by atoms with Crippen molar-refractivity contribution in [1.29, 1.82) is 0 Å². The number of hydrogen-bond donors (Lipinski definition) is 2. The van der Waals surface area contributed by atoms with Crippen LogP contribution in [0.2, 0.25) is 0 Å². The Morgan fingerprint density at radius 1 is 1.11 bits per heavy atom. The molecule has 4 rings (SSSR count). The molecule has 1 aliphatic heterocycles. The molecule has 7 heteroatoms. The third-order valence-corrected chi connectivity index (χ3v) is 6.79. The zero-order valence-corrected chi connectivity index (χ0v) is 21.5. The molecule has 1 saturated heterocycles. The molecule has 3 atom stereocenters. The summed E-state index contributed by atoms with van der Waals surface area (Å²) in [6.07, 6.45) is 3.01.